The van der Waals surface area contributed by atoms with Crippen LogP contribution in [0.15, 0.2) is 108 Å². The molecule has 0 bridgehead atoms. The van der Waals surface area contributed by atoms with Gasteiger partial charge in [-0.05, 0) is 65.3 Å². The lowest BCUT2D eigenvalue weighted by Gasteiger charge is -2.19. The summed E-state index contributed by atoms with van der Waals surface area (Å²) < 4.78 is 34.9. The van der Waals surface area contributed by atoms with Crippen molar-refractivity contribution in [2.24, 2.45) is 0 Å². The van der Waals surface area contributed by atoms with Crippen LogP contribution in [0.25, 0.3) is 22.0 Å². The topological polar surface area (TPSA) is 100 Å². The zero-order valence-electron chi connectivity index (χ0n) is 24.0. The maximum absolute atomic E-state index is 13.2. The molecule has 5 aromatic rings. The Morgan fingerprint density at radius 2 is 1.52 bits per heavy atom. The van der Waals surface area contributed by atoms with Gasteiger partial charge in [0.2, 0.25) is 5.88 Å². The number of hydrogen-bond donors (Lipinski definition) is 3. The van der Waals surface area contributed by atoms with Gasteiger partial charge < -0.3 is 15.0 Å². The molecular weight excluding hydrogens is 546 g/mol. The second kappa shape index (κ2) is 12.1. The van der Waals surface area contributed by atoms with Gasteiger partial charge in [0, 0.05) is 23.1 Å². The average Bonchev–Trinajstić information content (AvgIpc) is 3.32. The standard InChI is InChI=1S/C34H35N3O4S/c1-34(2,3)26-16-19-28(20-17-26)42(39,40)37-27-18-21-30-29(23-27)31(25-14-8-5-9-15-25)32(36-30)41-33(38)35-22-10-13-24-11-6-4-7-12-24/h4-9,11-12,14-21,23,36-37H,10,13,22H2,1-3H3,(H,35,38). The number of nitrogens with one attached hydrogen (secondary N) is 3. The normalized spacial score (nSPS) is 11.8. The van der Waals surface area contributed by atoms with Gasteiger partial charge in [-0.15, -0.1) is 0 Å². The molecule has 4 aromatic carbocycles. The minimum absolute atomic E-state index is 0.0816. The molecule has 1 aromatic heterocycles. The van der Waals surface area contributed by atoms with E-state index in [0.29, 0.717) is 23.3 Å². The molecule has 0 unspecified atom stereocenters. The van der Waals surface area contributed by atoms with Crippen molar-refractivity contribution >= 4 is 32.7 Å². The Kier molecular flexibility index (Phi) is 8.36. The third kappa shape index (κ3) is 6.83. The number of anilines is 1. The van der Waals surface area contributed by atoms with E-state index in [1.165, 1.54) is 5.56 Å². The first-order valence-electron chi connectivity index (χ1n) is 13.9. The molecule has 0 radical (unpaired) electrons. The van der Waals surface area contributed by atoms with Crippen LogP contribution in [-0.4, -0.2) is 26.0 Å². The number of sulfonamides is 1. The van der Waals surface area contributed by atoms with Crippen LogP contribution in [0.5, 0.6) is 5.88 Å². The highest BCUT2D eigenvalue weighted by Crippen LogP contribution is 2.39. The molecule has 42 heavy (non-hydrogen) atoms. The predicted molar refractivity (Wildman–Crippen MR) is 168 cm³/mol. The molecule has 1 heterocycles. The Morgan fingerprint density at radius 3 is 2.19 bits per heavy atom. The molecule has 5 rings (SSSR count). The predicted octanol–water partition coefficient (Wildman–Crippen LogP) is 7.65. The van der Waals surface area contributed by atoms with Crippen LogP contribution in [0.2, 0.25) is 0 Å². The average molecular weight is 582 g/mol. The van der Waals surface area contributed by atoms with E-state index in [9.17, 15) is 13.2 Å². The van der Waals surface area contributed by atoms with E-state index < -0.39 is 16.1 Å². The van der Waals surface area contributed by atoms with E-state index in [0.717, 1.165) is 29.4 Å². The number of aromatic nitrogens is 1. The molecule has 7 nitrogen and oxygen atoms in total. The van der Waals surface area contributed by atoms with Crippen LogP contribution in [0.1, 0.15) is 38.3 Å². The van der Waals surface area contributed by atoms with Gasteiger partial charge in [-0.1, -0.05) is 93.6 Å². The Bertz CT molecular complexity index is 1770. The lowest BCUT2D eigenvalue weighted by Crippen LogP contribution is -2.28. The van der Waals surface area contributed by atoms with Gasteiger partial charge in [-0.3, -0.25) is 4.72 Å². The van der Waals surface area contributed by atoms with E-state index in [1.807, 2.05) is 60.7 Å². The maximum Gasteiger partial charge on any atom is 0.413 e. The molecule has 3 N–H and O–H groups in total. The molecule has 8 heteroatoms. The van der Waals surface area contributed by atoms with Gasteiger partial charge >= 0.3 is 6.09 Å². The highest BCUT2D eigenvalue weighted by Gasteiger charge is 2.21. The summed E-state index contributed by atoms with van der Waals surface area (Å²) in [7, 11) is -3.82. The monoisotopic (exact) mass is 581 g/mol. The lowest BCUT2D eigenvalue weighted by atomic mass is 9.87. The van der Waals surface area contributed by atoms with Crippen molar-refractivity contribution in [3.05, 3.63) is 114 Å². The SMILES string of the molecule is CC(C)(C)c1ccc(S(=O)(=O)Nc2ccc3[nH]c(OC(=O)NCCCc4ccccc4)c(-c4ccccc4)c3c2)cc1. The van der Waals surface area contributed by atoms with Crippen LogP contribution in [0.3, 0.4) is 0 Å². The molecule has 0 spiro atoms. The molecule has 0 saturated heterocycles. The Morgan fingerprint density at radius 1 is 0.857 bits per heavy atom. The van der Waals surface area contributed by atoms with Gasteiger partial charge in [0.15, 0.2) is 0 Å². The Balaban J connectivity index is 1.37. The van der Waals surface area contributed by atoms with Gasteiger partial charge in [0.05, 0.1) is 10.5 Å². The first-order chi connectivity index (χ1) is 20.1. The highest BCUT2D eigenvalue weighted by atomic mass is 32.2. The largest absolute Gasteiger partial charge is 0.413 e. The third-order valence-electron chi connectivity index (χ3n) is 7.06. The number of aryl methyl sites for hydroxylation is 1. The summed E-state index contributed by atoms with van der Waals surface area (Å²) in [5, 5.41) is 3.54. The van der Waals surface area contributed by atoms with E-state index in [1.54, 1.807) is 30.3 Å². The van der Waals surface area contributed by atoms with Crippen molar-refractivity contribution in [1.82, 2.24) is 10.3 Å². The summed E-state index contributed by atoms with van der Waals surface area (Å²) in [6.45, 7) is 6.72. The molecule has 0 aliphatic carbocycles. The lowest BCUT2D eigenvalue weighted by molar-refractivity contribution is 0.199. The highest BCUT2D eigenvalue weighted by molar-refractivity contribution is 7.92. The first-order valence-corrected chi connectivity index (χ1v) is 15.4. The summed E-state index contributed by atoms with van der Waals surface area (Å²) in [5.41, 5.74) is 4.78. The third-order valence-corrected chi connectivity index (χ3v) is 8.46. The van der Waals surface area contributed by atoms with Gasteiger partial charge in [-0.25, -0.2) is 13.2 Å². The van der Waals surface area contributed by atoms with Crippen molar-refractivity contribution in [3.63, 3.8) is 0 Å². The van der Waals surface area contributed by atoms with Crippen molar-refractivity contribution in [3.8, 4) is 17.0 Å². The molecule has 216 valence electrons. The van der Waals surface area contributed by atoms with E-state index >= 15 is 0 Å². The van der Waals surface area contributed by atoms with Crippen molar-refractivity contribution in [2.75, 3.05) is 11.3 Å². The second-order valence-corrected chi connectivity index (χ2v) is 12.9. The van der Waals surface area contributed by atoms with Crippen LogP contribution in [0, 0.1) is 0 Å². The number of carbonyl (C=O) groups is 1. The van der Waals surface area contributed by atoms with Crippen LogP contribution >= 0.6 is 0 Å². The van der Waals surface area contributed by atoms with Gasteiger partial charge in [0.25, 0.3) is 10.0 Å². The number of rotatable bonds is 9. The first kappa shape index (κ1) is 29.0. The molecule has 0 atom stereocenters. The summed E-state index contributed by atoms with van der Waals surface area (Å²) >= 11 is 0. The number of benzene rings is 4. The van der Waals surface area contributed by atoms with Gasteiger partial charge in [0.1, 0.15) is 0 Å². The number of ether oxygens (including phenoxy) is 1. The molecule has 1 amide bonds. The summed E-state index contributed by atoms with van der Waals surface area (Å²) in [6.07, 6.45) is 1.06. The molecule has 0 aliphatic rings. The second-order valence-electron chi connectivity index (χ2n) is 11.2. The zero-order valence-corrected chi connectivity index (χ0v) is 24.8. The molecule has 0 saturated carbocycles. The fraction of sp³-hybridized carbons (Fsp3) is 0.206. The smallest absolute Gasteiger partial charge is 0.393 e. The fourth-order valence-electron chi connectivity index (χ4n) is 4.80. The molecular formula is C34H35N3O4S. The van der Waals surface area contributed by atoms with E-state index in [2.05, 4.69) is 47.9 Å². The number of fused-ring (bicyclic) bond motifs is 1. The van der Waals surface area contributed by atoms with Crippen LogP contribution in [0.4, 0.5) is 10.5 Å². The zero-order chi connectivity index (χ0) is 29.7. The van der Waals surface area contributed by atoms with Crippen LogP contribution < -0.4 is 14.8 Å². The Hall–Kier alpha value is -4.56. The summed E-state index contributed by atoms with van der Waals surface area (Å²) in [5.74, 6) is 0.287. The fourth-order valence-corrected chi connectivity index (χ4v) is 5.85. The van der Waals surface area contributed by atoms with Gasteiger partial charge in [-0.2, -0.15) is 0 Å². The van der Waals surface area contributed by atoms with E-state index in [4.69, 9.17) is 4.74 Å². The number of carbonyl (C=O) groups excluding carboxylic acids is 1. The number of amides is 1. The Labute approximate surface area is 247 Å². The minimum atomic E-state index is -3.82. The minimum Gasteiger partial charge on any atom is -0.393 e. The van der Waals surface area contributed by atoms with E-state index in [-0.39, 0.29) is 16.2 Å². The molecule has 0 aliphatic heterocycles. The van der Waals surface area contributed by atoms with Crippen molar-refractivity contribution in [2.45, 2.75) is 43.9 Å². The summed E-state index contributed by atoms with van der Waals surface area (Å²) in [4.78, 5) is 16.1. The molecule has 0 fully saturated rings. The number of hydrogen-bond acceptors (Lipinski definition) is 4. The number of H-pyrrole nitrogens is 1. The maximum atomic E-state index is 13.2. The quantitative estimate of drug-likeness (QED) is 0.156. The van der Waals surface area contributed by atoms with Crippen molar-refractivity contribution in [1.29, 1.82) is 0 Å². The number of aromatic amines is 1. The van der Waals surface area contributed by atoms with Crippen LogP contribution in [-0.2, 0) is 21.9 Å². The summed E-state index contributed by atoms with van der Waals surface area (Å²) in [6, 6.07) is 31.8. The van der Waals surface area contributed by atoms with Crippen molar-refractivity contribution < 1.29 is 17.9 Å².